The Morgan fingerprint density at radius 3 is 2.61 bits per heavy atom. The van der Waals surface area contributed by atoms with Crippen LogP contribution in [0.3, 0.4) is 0 Å². The van der Waals surface area contributed by atoms with E-state index in [1.165, 1.54) is 0 Å². The summed E-state index contributed by atoms with van der Waals surface area (Å²) in [4.78, 5) is 12.5. The summed E-state index contributed by atoms with van der Waals surface area (Å²) >= 11 is 3.41. The van der Waals surface area contributed by atoms with Crippen molar-refractivity contribution in [3.63, 3.8) is 0 Å². The molecule has 98 valence electrons. The van der Waals surface area contributed by atoms with Gasteiger partial charge in [-0.1, -0.05) is 0 Å². The number of ether oxygens (including phenoxy) is 1. The predicted octanol–water partition coefficient (Wildman–Crippen LogP) is 2.97. The molecule has 2 rings (SSSR count). The first kappa shape index (κ1) is 13.3. The number of nitrogens with zero attached hydrogens (tertiary/aromatic N) is 2. The Morgan fingerprint density at radius 2 is 2.11 bits per heavy atom. The summed E-state index contributed by atoms with van der Waals surface area (Å²) in [6.07, 6.45) is 2.30. The maximum Gasteiger partial charge on any atom is 0.270 e. The summed E-state index contributed by atoms with van der Waals surface area (Å²) in [5.41, 5.74) is 1.12. The third-order valence-electron chi connectivity index (χ3n) is 3.26. The first-order valence-electron chi connectivity index (χ1n) is 5.83. The molecule has 0 unspecified atom stereocenters. The Bertz CT molecular complexity index is 445. The Balaban J connectivity index is 2.12. The summed E-state index contributed by atoms with van der Waals surface area (Å²) in [7, 11) is 1.74. The summed E-state index contributed by atoms with van der Waals surface area (Å²) in [5, 5.41) is 10.7. The van der Waals surface area contributed by atoms with Crippen molar-refractivity contribution in [2.75, 3.05) is 25.1 Å². The maximum atomic E-state index is 10.7. The topological polar surface area (TPSA) is 55.6 Å². The second kappa shape index (κ2) is 5.67. The van der Waals surface area contributed by atoms with Gasteiger partial charge in [0.25, 0.3) is 5.69 Å². The van der Waals surface area contributed by atoms with Crippen molar-refractivity contribution in [3.05, 3.63) is 32.8 Å². The zero-order chi connectivity index (χ0) is 13.1. The number of piperidine rings is 1. The van der Waals surface area contributed by atoms with Gasteiger partial charge in [0, 0.05) is 36.8 Å². The SMILES string of the molecule is COC1CCN(c2ccc([N+](=O)[O-])cc2Br)CC1. The third kappa shape index (κ3) is 2.81. The number of nitro groups is 1. The van der Waals surface area contributed by atoms with Crippen LogP contribution in [0.5, 0.6) is 0 Å². The molecule has 0 aromatic heterocycles. The van der Waals surface area contributed by atoms with E-state index >= 15 is 0 Å². The van der Waals surface area contributed by atoms with Crippen molar-refractivity contribution in [1.82, 2.24) is 0 Å². The summed E-state index contributed by atoms with van der Waals surface area (Å²) in [5.74, 6) is 0. The van der Waals surface area contributed by atoms with E-state index in [1.54, 1.807) is 25.3 Å². The summed E-state index contributed by atoms with van der Waals surface area (Å²) < 4.78 is 6.10. The highest BCUT2D eigenvalue weighted by molar-refractivity contribution is 9.10. The first-order chi connectivity index (χ1) is 8.61. The van der Waals surface area contributed by atoms with E-state index in [2.05, 4.69) is 20.8 Å². The molecule has 0 amide bonds. The standard InChI is InChI=1S/C12H15BrN2O3/c1-18-10-4-6-14(7-5-10)12-3-2-9(15(16)17)8-11(12)13/h2-3,8,10H,4-7H2,1H3. The van der Waals surface area contributed by atoms with E-state index in [9.17, 15) is 10.1 Å². The van der Waals surface area contributed by atoms with Crippen LogP contribution < -0.4 is 4.90 Å². The largest absolute Gasteiger partial charge is 0.381 e. The van der Waals surface area contributed by atoms with E-state index in [4.69, 9.17) is 4.74 Å². The molecule has 1 aromatic rings. The van der Waals surface area contributed by atoms with Crippen LogP contribution in [0.25, 0.3) is 0 Å². The maximum absolute atomic E-state index is 10.7. The van der Waals surface area contributed by atoms with Crippen molar-refractivity contribution in [2.24, 2.45) is 0 Å². The van der Waals surface area contributed by atoms with Crippen LogP contribution in [0.15, 0.2) is 22.7 Å². The van der Waals surface area contributed by atoms with Crippen molar-refractivity contribution in [3.8, 4) is 0 Å². The van der Waals surface area contributed by atoms with Gasteiger partial charge in [0.1, 0.15) is 0 Å². The van der Waals surface area contributed by atoms with Gasteiger partial charge in [-0.15, -0.1) is 0 Å². The molecule has 1 aliphatic heterocycles. The molecule has 1 saturated heterocycles. The van der Waals surface area contributed by atoms with E-state index in [0.29, 0.717) is 6.10 Å². The number of halogens is 1. The number of non-ortho nitro benzene ring substituents is 1. The monoisotopic (exact) mass is 314 g/mol. The molecule has 1 aliphatic rings. The lowest BCUT2D eigenvalue weighted by atomic mass is 10.1. The molecule has 0 saturated carbocycles. The van der Waals surface area contributed by atoms with Gasteiger partial charge in [-0.25, -0.2) is 0 Å². The Morgan fingerprint density at radius 1 is 1.44 bits per heavy atom. The molecule has 5 nitrogen and oxygen atoms in total. The second-order valence-corrected chi connectivity index (χ2v) is 5.17. The average Bonchev–Trinajstić information content (AvgIpc) is 2.38. The summed E-state index contributed by atoms with van der Waals surface area (Å²) in [6.45, 7) is 1.82. The Labute approximate surface area is 114 Å². The number of benzene rings is 1. The zero-order valence-electron chi connectivity index (χ0n) is 10.1. The molecule has 0 spiro atoms. The van der Waals surface area contributed by atoms with Gasteiger partial charge >= 0.3 is 0 Å². The molecule has 18 heavy (non-hydrogen) atoms. The highest BCUT2D eigenvalue weighted by Gasteiger charge is 2.21. The van der Waals surface area contributed by atoms with Crippen LogP contribution in [-0.4, -0.2) is 31.2 Å². The normalized spacial score (nSPS) is 16.9. The van der Waals surface area contributed by atoms with E-state index in [-0.39, 0.29) is 10.6 Å². The minimum absolute atomic E-state index is 0.109. The molecule has 0 radical (unpaired) electrons. The molecular formula is C12H15BrN2O3. The van der Waals surface area contributed by atoms with Gasteiger partial charge < -0.3 is 9.64 Å². The fourth-order valence-electron chi connectivity index (χ4n) is 2.20. The lowest BCUT2D eigenvalue weighted by Gasteiger charge is -2.33. The second-order valence-electron chi connectivity index (χ2n) is 4.31. The number of nitro benzene ring substituents is 1. The highest BCUT2D eigenvalue weighted by atomic mass is 79.9. The minimum atomic E-state index is -0.383. The van der Waals surface area contributed by atoms with Gasteiger partial charge in [-0.2, -0.15) is 0 Å². The van der Waals surface area contributed by atoms with Crippen LogP contribution in [-0.2, 0) is 4.74 Å². The molecule has 0 aliphatic carbocycles. The van der Waals surface area contributed by atoms with Gasteiger partial charge in [-0.3, -0.25) is 10.1 Å². The Kier molecular flexibility index (Phi) is 4.19. The van der Waals surface area contributed by atoms with Crippen molar-refractivity contribution in [1.29, 1.82) is 0 Å². The summed E-state index contributed by atoms with van der Waals surface area (Å²) in [6, 6.07) is 4.90. The Hall–Kier alpha value is -1.14. The zero-order valence-corrected chi connectivity index (χ0v) is 11.7. The molecule has 1 fully saturated rings. The van der Waals surface area contributed by atoms with Crippen molar-refractivity contribution < 1.29 is 9.66 Å². The van der Waals surface area contributed by atoms with Gasteiger partial charge in [-0.05, 0) is 34.8 Å². The molecule has 1 heterocycles. The third-order valence-corrected chi connectivity index (χ3v) is 3.89. The van der Waals surface area contributed by atoms with Crippen LogP contribution in [0, 0.1) is 10.1 Å². The number of methoxy groups -OCH3 is 1. The van der Waals surface area contributed by atoms with E-state index in [1.807, 2.05) is 0 Å². The number of hydrogen-bond donors (Lipinski definition) is 0. The van der Waals surface area contributed by atoms with Gasteiger partial charge in [0.15, 0.2) is 0 Å². The molecule has 0 N–H and O–H groups in total. The fraction of sp³-hybridized carbons (Fsp3) is 0.500. The quantitative estimate of drug-likeness (QED) is 0.635. The van der Waals surface area contributed by atoms with Crippen LogP contribution in [0.4, 0.5) is 11.4 Å². The highest BCUT2D eigenvalue weighted by Crippen LogP contribution is 2.32. The smallest absolute Gasteiger partial charge is 0.270 e. The van der Waals surface area contributed by atoms with Crippen molar-refractivity contribution >= 4 is 27.3 Å². The predicted molar refractivity (Wildman–Crippen MR) is 73.0 cm³/mol. The van der Waals surface area contributed by atoms with Crippen LogP contribution in [0.1, 0.15) is 12.8 Å². The number of hydrogen-bond acceptors (Lipinski definition) is 4. The number of rotatable bonds is 3. The molecule has 0 bridgehead atoms. The minimum Gasteiger partial charge on any atom is -0.381 e. The van der Waals surface area contributed by atoms with E-state index < -0.39 is 0 Å². The number of anilines is 1. The van der Waals surface area contributed by atoms with E-state index in [0.717, 1.165) is 36.1 Å². The van der Waals surface area contributed by atoms with Gasteiger partial charge in [0.05, 0.1) is 16.7 Å². The van der Waals surface area contributed by atoms with Crippen LogP contribution in [0.2, 0.25) is 0 Å². The lowest BCUT2D eigenvalue weighted by molar-refractivity contribution is -0.384. The molecule has 0 atom stereocenters. The fourth-order valence-corrected chi connectivity index (χ4v) is 2.82. The van der Waals surface area contributed by atoms with Gasteiger partial charge in [0.2, 0.25) is 0 Å². The molecular weight excluding hydrogens is 300 g/mol. The molecule has 6 heteroatoms. The average molecular weight is 315 g/mol. The first-order valence-corrected chi connectivity index (χ1v) is 6.63. The lowest BCUT2D eigenvalue weighted by Crippen LogP contribution is -2.36. The van der Waals surface area contributed by atoms with Crippen LogP contribution >= 0.6 is 15.9 Å². The van der Waals surface area contributed by atoms with Crippen molar-refractivity contribution in [2.45, 2.75) is 18.9 Å². The molecule has 1 aromatic carbocycles.